The largest absolute Gasteiger partial charge is 0.165 e. The fourth-order valence-electron chi connectivity index (χ4n) is 1.58. The molecule has 1 atom stereocenters. The van der Waals surface area contributed by atoms with Crippen LogP contribution < -0.4 is 0 Å². The fourth-order valence-corrected chi connectivity index (χ4v) is 3.17. The Kier molecular flexibility index (Phi) is 8.69. The van der Waals surface area contributed by atoms with Gasteiger partial charge in [-0.1, -0.05) is 42.6 Å². The lowest BCUT2D eigenvalue weighted by Gasteiger charge is -2.30. The lowest BCUT2D eigenvalue weighted by atomic mass is 9.80. The summed E-state index contributed by atoms with van der Waals surface area (Å²) in [6, 6.07) is 0. The Labute approximate surface area is 96.4 Å². The van der Waals surface area contributed by atoms with Gasteiger partial charge in [-0.15, -0.1) is 0 Å². The molecule has 2 heteroatoms. The van der Waals surface area contributed by atoms with Crippen LogP contribution in [0.1, 0.15) is 46.0 Å². The minimum absolute atomic E-state index is 0.582. The number of hydrogen-bond acceptors (Lipinski definition) is 1. The molecule has 0 aromatic heterocycles. The van der Waals surface area contributed by atoms with E-state index in [1.165, 1.54) is 43.2 Å². The first-order chi connectivity index (χ1) is 6.24. The van der Waals surface area contributed by atoms with Gasteiger partial charge < -0.3 is 0 Å². The predicted molar refractivity (Wildman–Crippen MR) is 69.0 cm³/mol. The maximum atomic E-state index is 3.68. The molecule has 0 radical (unpaired) electrons. The number of rotatable bonds is 8. The van der Waals surface area contributed by atoms with Gasteiger partial charge in [0, 0.05) is 5.33 Å². The monoisotopic (exact) mass is 266 g/mol. The van der Waals surface area contributed by atoms with Crippen LogP contribution in [0.15, 0.2) is 0 Å². The van der Waals surface area contributed by atoms with Crippen molar-refractivity contribution >= 4 is 27.7 Å². The number of halogens is 1. The van der Waals surface area contributed by atoms with Crippen molar-refractivity contribution < 1.29 is 0 Å². The second-order valence-corrected chi connectivity index (χ2v) is 5.38. The van der Waals surface area contributed by atoms with Crippen LogP contribution in [0.2, 0.25) is 0 Å². The lowest BCUT2D eigenvalue weighted by Crippen LogP contribution is -2.22. The van der Waals surface area contributed by atoms with Gasteiger partial charge in [0.15, 0.2) is 0 Å². The Morgan fingerprint density at radius 1 is 1.23 bits per heavy atom. The Morgan fingerprint density at radius 2 is 1.92 bits per heavy atom. The van der Waals surface area contributed by atoms with E-state index >= 15 is 0 Å². The molecule has 0 nitrogen and oxygen atoms in total. The quantitative estimate of drug-likeness (QED) is 0.573. The van der Waals surface area contributed by atoms with E-state index in [4.69, 9.17) is 0 Å². The summed E-state index contributed by atoms with van der Waals surface area (Å²) < 4.78 is 0. The first-order valence-electron chi connectivity index (χ1n) is 5.29. The first kappa shape index (κ1) is 13.8. The van der Waals surface area contributed by atoms with Crippen molar-refractivity contribution in [2.45, 2.75) is 46.0 Å². The number of thioether (sulfide) groups is 1. The van der Waals surface area contributed by atoms with Gasteiger partial charge in [-0.05, 0) is 36.7 Å². The Hall–Kier alpha value is 0.830. The van der Waals surface area contributed by atoms with Crippen molar-refractivity contribution in [2.24, 2.45) is 5.41 Å². The molecule has 0 aliphatic heterocycles. The van der Waals surface area contributed by atoms with Crippen molar-refractivity contribution in [3.63, 3.8) is 0 Å². The normalized spacial score (nSPS) is 15.7. The number of unbranched alkanes of at least 4 members (excludes halogenated alkanes) is 1. The van der Waals surface area contributed by atoms with Crippen molar-refractivity contribution in [3.05, 3.63) is 0 Å². The highest BCUT2D eigenvalue weighted by Gasteiger charge is 2.25. The molecule has 0 aliphatic carbocycles. The molecule has 1 unspecified atom stereocenters. The van der Waals surface area contributed by atoms with E-state index in [0.29, 0.717) is 5.41 Å². The van der Waals surface area contributed by atoms with E-state index in [0.717, 1.165) is 0 Å². The zero-order chi connectivity index (χ0) is 10.2. The summed E-state index contributed by atoms with van der Waals surface area (Å²) in [7, 11) is 0. The minimum atomic E-state index is 0.582. The van der Waals surface area contributed by atoms with Crippen molar-refractivity contribution in [1.82, 2.24) is 0 Å². The van der Waals surface area contributed by atoms with Crippen LogP contribution in [-0.2, 0) is 0 Å². The van der Waals surface area contributed by atoms with Crippen LogP contribution >= 0.6 is 27.7 Å². The predicted octanol–water partition coefficient (Wildman–Crippen LogP) is 4.72. The second-order valence-electron chi connectivity index (χ2n) is 3.83. The highest BCUT2D eigenvalue weighted by Crippen LogP contribution is 2.35. The second kappa shape index (κ2) is 8.16. The molecule has 0 aliphatic rings. The summed E-state index contributed by atoms with van der Waals surface area (Å²) in [4.78, 5) is 0. The van der Waals surface area contributed by atoms with Gasteiger partial charge in [0.2, 0.25) is 0 Å². The number of alkyl halides is 1. The maximum Gasteiger partial charge on any atom is 0.00881 e. The fraction of sp³-hybridized carbons (Fsp3) is 1.00. The summed E-state index contributed by atoms with van der Waals surface area (Å²) in [5.41, 5.74) is 0.582. The molecule has 80 valence electrons. The summed E-state index contributed by atoms with van der Waals surface area (Å²) in [5, 5.41) is 1.18. The van der Waals surface area contributed by atoms with E-state index in [9.17, 15) is 0 Å². The maximum absolute atomic E-state index is 3.68. The van der Waals surface area contributed by atoms with Crippen LogP contribution in [0.4, 0.5) is 0 Å². The van der Waals surface area contributed by atoms with E-state index in [-0.39, 0.29) is 0 Å². The molecule has 13 heavy (non-hydrogen) atoms. The van der Waals surface area contributed by atoms with Gasteiger partial charge in [-0.25, -0.2) is 0 Å². The summed E-state index contributed by atoms with van der Waals surface area (Å²) in [6.07, 6.45) is 9.00. The van der Waals surface area contributed by atoms with Crippen LogP contribution in [0, 0.1) is 5.41 Å². The average Bonchev–Trinajstić information content (AvgIpc) is 2.20. The Bertz CT molecular complexity index is 101. The topological polar surface area (TPSA) is 0 Å². The van der Waals surface area contributed by atoms with Crippen molar-refractivity contribution in [1.29, 1.82) is 0 Å². The third kappa shape index (κ3) is 5.31. The molecule has 0 rings (SSSR count). The molecule has 0 saturated heterocycles. The Balaban J connectivity index is 3.97. The highest BCUT2D eigenvalue weighted by molar-refractivity contribution is 9.09. The molecular weight excluding hydrogens is 244 g/mol. The highest BCUT2D eigenvalue weighted by atomic mass is 79.9. The van der Waals surface area contributed by atoms with E-state index in [2.05, 4.69) is 36.0 Å². The zero-order valence-corrected chi connectivity index (χ0v) is 11.6. The summed E-state index contributed by atoms with van der Waals surface area (Å²) >= 11 is 5.66. The van der Waals surface area contributed by atoms with Crippen molar-refractivity contribution in [3.8, 4) is 0 Å². The smallest absolute Gasteiger partial charge is 0.00881 e. The van der Waals surface area contributed by atoms with E-state index in [1.54, 1.807) is 0 Å². The van der Waals surface area contributed by atoms with Gasteiger partial charge in [-0.2, -0.15) is 11.8 Å². The molecule has 0 heterocycles. The third-order valence-electron chi connectivity index (χ3n) is 2.93. The molecular formula is C11H23BrS. The summed E-state index contributed by atoms with van der Waals surface area (Å²) in [6.45, 7) is 4.61. The van der Waals surface area contributed by atoms with Crippen LogP contribution in [0.25, 0.3) is 0 Å². The zero-order valence-electron chi connectivity index (χ0n) is 9.24. The van der Waals surface area contributed by atoms with Gasteiger partial charge in [0.05, 0.1) is 0 Å². The van der Waals surface area contributed by atoms with Crippen LogP contribution in [0.5, 0.6) is 0 Å². The Morgan fingerprint density at radius 3 is 2.31 bits per heavy atom. The van der Waals surface area contributed by atoms with Gasteiger partial charge in [0.1, 0.15) is 0 Å². The lowest BCUT2D eigenvalue weighted by molar-refractivity contribution is 0.277. The SMILES string of the molecule is CCCCC(CC)(CBr)CCSC. The third-order valence-corrected chi connectivity index (χ3v) is 4.73. The van der Waals surface area contributed by atoms with Gasteiger partial charge in [0.25, 0.3) is 0 Å². The average molecular weight is 267 g/mol. The molecule has 0 bridgehead atoms. The van der Waals surface area contributed by atoms with Crippen molar-refractivity contribution in [2.75, 3.05) is 17.3 Å². The molecule has 0 amide bonds. The molecule has 0 N–H and O–H groups in total. The molecule has 0 aromatic carbocycles. The van der Waals surface area contributed by atoms with E-state index < -0.39 is 0 Å². The standard InChI is InChI=1S/C11H23BrS/c1-4-6-7-11(5-2,10-12)8-9-13-3/h4-10H2,1-3H3. The minimum Gasteiger partial charge on any atom is -0.165 e. The molecule has 0 saturated carbocycles. The summed E-state index contributed by atoms with van der Waals surface area (Å²) in [5.74, 6) is 1.31. The molecule has 0 spiro atoms. The molecule has 0 fully saturated rings. The van der Waals surface area contributed by atoms with E-state index in [1.807, 2.05) is 11.8 Å². The van der Waals surface area contributed by atoms with Gasteiger partial charge >= 0.3 is 0 Å². The van der Waals surface area contributed by atoms with Crippen LogP contribution in [0.3, 0.4) is 0 Å². The van der Waals surface area contributed by atoms with Gasteiger partial charge in [-0.3, -0.25) is 0 Å². The van der Waals surface area contributed by atoms with Crippen LogP contribution in [-0.4, -0.2) is 17.3 Å². The first-order valence-corrected chi connectivity index (χ1v) is 7.81. The number of hydrogen-bond donors (Lipinski definition) is 0. The molecule has 0 aromatic rings.